The van der Waals surface area contributed by atoms with Crippen LogP contribution in [-0.4, -0.2) is 47.5 Å². The first-order chi connectivity index (χ1) is 14.0. The van der Waals surface area contributed by atoms with Gasteiger partial charge in [-0.2, -0.15) is 0 Å². The van der Waals surface area contributed by atoms with Crippen LogP contribution in [0.5, 0.6) is 0 Å². The lowest BCUT2D eigenvalue weighted by atomic mass is 10.2. The normalized spacial score (nSPS) is 18.5. The molecule has 0 saturated carbocycles. The van der Waals surface area contributed by atoms with Crippen molar-refractivity contribution in [1.82, 2.24) is 4.90 Å². The fourth-order valence-electron chi connectivity index (χ4n) is 3.62. The molecule has 0 aromatic heterocycles. The molecule has 29 heavy (non-hydrogen) atoms. The second-order valence-corrected chi connectivity index (χ2v) is 8.48. The van der Waals surface area contributed by atoms with Crippen molar-refractivity contribution in [3.63, 3.8) is 0 Å². The highest BCUT2D eigenvalue weighted by atomic mass is 32.2. The van der Waals surface area contributed by atoms with Gasteiger partial charge in [-0.1, -0.05) is 29.8 Å². The first-order valence-electron chi connectivity index (χ1n) is 9.75. The van der Waals surface area contributed by atoms with Crippen LogP contribution in [0.2, 0.25) is 0 Å². The van der Waals surface area contributed by atoms with Crippen molar-refractivity contribution < 1.29 is 14.4 Å². The SMILES string of the molecule is Cc1ccc(NC(=O)CN2C(=O)C(C(=O)N3CCCC3)Sc3ccccc32)cc1. The summed E-state index contributed by atoms with van der Waals surface area (Å²) in [5, 5.41) is 1.99. The van der Waals surface area contributed by atoms with Crippen LogP contribution in [0.15, 0.2) is 53.4 Å². The first-order valence-corrected chi connectivity index (χ1v) is 10.6. The van der Waals surface area contributed by atoms with Crippen molar-refractivity contribution in [3.05, 3.63) is 54.1 Å². The van der Waals surface area contributed by atoms with Gasteiger partial charge in [-0.05, 0) is 44.0 Å². The summed E-state index contributed by atoms with van der Waals surface area (Å²) in [6.07, 6.45) is 1.94. The fraction of sp³-hybridized carbons (Fsp3) is 0.318. The maximum Gasteiger partial charge on any atom is 0.250 e. The third kappa shape index (κ3) is 4.15. The quantitative estimate of drug-likeness (QED) is 0.788. The number of carbonyl (C=O) groups excluding carboxylic acids is 3. The van der Waals surface area contributed by atoms with Gasteiger partial charge in [0.1, 0.15) is 6.54 Å². The minimum absolute atomic E-state index is 0.131. The molecule has 2 aromatic carbocycles. The molecule has 0 bridgehead atoms. The standard InChI is InChI=1S/C22H23N3O3S/c1-15-8-10-16(11-9-15)23-19(26)14-25-17-6-2-3-7-18(17)29-20(22(25)28)21(27)24-12-4-5-13-24/h2-3,6-11,20H,4-5,12-14H2,1H3,(H,23,26). The van der Waals surface area contributed by atoms with Gasteiger partial charge in [0.05, 0.1) is 5.69 Å². The Kier molecular flexibility index (Phi) is 5.58. The number of nitrogens with one attached hydrogen (secondary N) is 1. The average Bonchev–Trinajstić information content (AvgIpc) is 3.26. The van der Waals surface area contributed by atoms with Crippen LogP contribution in [0.1, 0.15) is 18.4 Å². The van der Waals surface area contributed by atoms with Crippen molar-refractivity contribution in [2.45, 2.75) is 29.9 Å². The zero-order valence-corrected chi connectivity index (χ0v) is 17.1. The number of likely N-dealkylation sites (tertiary alicyclic amines) is 1. The van der Waals surface area contributed by atoms with Crippen molar-refractivity contribution >= 4 is 40.9 Å². The Morgan fingerprint density at radius 3 is 2.48 bits per heavy atom. The molecule has 0 radical (unpaired) electrons. The molecule has 1 N–H and O–H groups in total. The smallest absolute Gasteiger partial charge is 0.250 e. The molecule has 1 atom stereocenters. The summed E-state index contributed by atoms with van der Waals surface area (Å²) in [4.78, 5) is 42.8. The average molecular weight is 410 g/mol. The lowest BCUT2D eigenvalue weighted by Gasteiger charge is -2.34. The number of fused-ring (bicyclic) bond motifs is 1. The van der Waals surface area contributed by atoms with E-state index in [1.165, 1.54) is 16.7 Å². The van der Waals surface area contributed by atoms with Crippen LogP contribution in [0.4, 0.5) is 11.4 Å². The van der Waals surface area contributed by atoms with Gasteiger partial charge in [-0.3, -0.25) is 14.4 Å². The van der Waals surface area contributed by atoms with E-state index < -0.39 is 5.25 Å². The van der Waals surface area contributed by atoms with Crippen LogP contribution in [0.25, 0.3) is 0 Å². The summed E-state index contributed by atoms with van der Waals surface area (Å²) in [5.74, 6) is -0.781. The number of hydrogen-bond donors (Lipinski definition) is 1. The molecule has 150 valence electrons. The Labute approximate surface area is 174 Å². The molecule has 3 amide bonds. The fourth-order valence-corrected chi connectivity index (χ4v) is 4.81. The lowest BCUT2D eigenvalue weighted by Crippen LogP contribution is -2.51. The van der Waals surface area contributed by atoms with E-state index in [1.54, 1.807) is 4.90 Å². The summed E-state index contributed by atoms with van der Waals surface area (Å²) >= 11 is 1.28. The van der Waals surface area contributed by atoms with Crippen molar-refractivity contribution in [2.75, 3.05) is 29.9 Å². The van der Waals surface area contributed by atoms with E-state index in [4.69, 9.17) is 0 Å². The number of nitrogens with zero attached hydrogens (tertiary/aromatic N) is 2. The third-order valence-electron chi connectivity index (χ3n) is 5.17. The molecule has 1 unspecified atom stereocenters. The molecular weight excluding hydrogens is 386 g/mol. The molecule has 1 fully saturated rings. The van der Waals surface area contributed by atoms with Gasteiger partial charge in [0.2, 0.25) is 11.8 Å². The molecule has 2 aromatic rings. The molecule has 0 spiro atoms. The Morgan fingerprint density at radius 2 is 1.76 bits per heavy atom. The van der Waals surface area contributed by atoms with Crippen LogP contribution < -0.4 is 10.2 Å². The van der Waals surface area contributed by atoms with Crippen molar-refractivity contribution in [3.8, 4) is 0 Å². The van der Waals surface area contributed by atoms with E-state index in [2.05, 4.69) is 5.32 Å². The molecule has 0 aliphatic carbocycles. The van der Waals surface area contributed by atoms with Crippen LogP contribution in [-0.2, 0) is 14.4 Å². The maximum absolute atomic E-state index is 13.2. The molecule has 2 aliphatic heterocycles. The monoisotopic (exact) mass is 409 g/mol. The predicted octanol–water partition coefficient (Wildman–Crippen LogP) is 3.06. The molecule has 6 nitrogen and oxygen atoms in total. The third-order valence-corrected chi connectivity index (χ3v) is 6.41. The molecule has 7 heteroatoms. The number of rotatable bonds is 4. The van der Waals surface area contributed by atoms with Crippen molar-refractivity contribution in [2.24, 2.45) is 0 Å². The minimum atomic E-state index is -0.838. The number of carbonyl (C=O) groups is 3. The second kappa shape index (κ2) is 8.29. The molecule has 2 aliphatic rings. The van der Waals surface area contributed by atoms with Crippen molar-refractivity contribution in [1.29, 1.82) is 0 Å². The molecule has 4 rings (SSSR count). The minimum Gasteiger partial charge on any atom is -0.341 e. The van der Waals surface area contributed by atoms with Gasteiger partial charge in [0.15, 0.2) is 5.25 Å². The maximum atomic E-state index is 13.2. The summed E-state index contributed by atoms with van der Waals surface area (Å²) in [6, 6.07) is 14.9. The number of amides is 3. The Balaban J connectivity index is 1.55. The van der Waals surface area contributed by atoms with Gasteiger partial charge in [0, 0.05) is 23.7 Å². The lowest BCUT2D eigenvalue weighted by molar-refractivity contribution is -0.134. The number of hydrogen-bond acceptors (Lipinski definition) is 4. The Bertz CT molecular complexity index is 939. The van der Waals surface area contributed by atoms with E-state index in [1.807, 2.05) is 55.5 Å². The number of thioether (sulfide) groups is 1. The van der Waals surface area contributed by atoms with Crippen LogP contribution in [0, 0.1) is 6.92 Å². The summed E-state index contributed by atoms with van der Waals surface area (Å²) in [5.41, 5.74) is 2.45. The summed E-state index contributed by atoms with van der Waals surface area (Å²) in [7, 11) is 0. The van der Waals surface area contributed by atoms with Gasteiger partial charge in [-0.15, -0.1) is 11.8 Å². The van der Waals surface area contributed by atoms with E-state index in [-0.39, 0.29) is 24.3 Å². The van der Waals surface area contributed by atoms with Gasteiger partial charge in [0.25, 0.3) is 5.91 Å². The van der Waals surface area contributed by atoms with Gasteiger partial charge < -0.3 is 15.1 Å². The van der Waals surface area contributed by atoms with Gasteiger partial charge in [-0.25, -0.2) is 0 Å². The predicted molar refractivity (Wildman–Crippen MR) is 114 cm³/mol. The molecule has 1 saturated heterocycles. The Hall–Kier alpha value is -2.80. The Morgan fingerprint density at radius 1 is 1.07 bits per heavy atom. The number of para-hydroxylation sites is 1. The largest absolute Gasteiger partial charge is 0.341 e. The highest BCUT2D eigenvalue weighted by Gasteiger charge is 2.41. The zero-order chi connectivity index (χ0) is 20.4. The summed E-state index contributed by atoms with van der Waals surface area (Å²) < 4.78 is 0. The number of aryl methyl sites for hydroxylation is 1. The number of anilines is 2. The van der Waals surface area contributed by atoms with Crippen LogP contribution >= 0.6 is 11.8 Å². The van der Waals surface area contributed by atoms with E-state index in [9.17, 15) is 14.4 Å². The number of benzene rings is 2. The van der Waals surface area contributed by atoms with Crippen LogP contribution in [0.3, 0.4) is 0 Å². The molecular formula is C22H23N3O3S. The zero-order valence-electron chi connectivity index (χ0n) is 16.3. The van der Waals surface area contributed by atoms with E-state index in [0.29, 0.717) is 24.5 Å². The highest BCUT2D eigenvalue weighted by Crippen LogP contribution is 2.40. The van der Waals surface area contributed by atoms with E-state index >= 15 is 0 Å². The highest BCUT2D eigenvalue weighted by molar-refractivity contribution is 8.01. The molecule has 2 heterocycles. The van der Waals surface area contributed by atoms with Gasteiger partial charge >= 0.3 is 0 Å². The van der Waals surface area contributed by atoms with E-state index in [0.717, 1.165) is 23.3 Å². The summed E-state index contributed by atoms with van der Waals surface area (Å²) in [6.45, 7) is 3.23. The topological polar surface area (TPSA) is 69.7 Å². The second-order valence-electron chi connectivity index (χ2n) is 7.34. The first kappa shape index (κ1) is 19.5.